The van der Waals surface area contributed by atoms with Crippen molar-refractivity contribution in [2.45, 2.75) is 0 Å². The van der Waals surface area contributed by atoms with E-state index in [4.69, 9.17) is 0 Å². The molecule has 0 bridgehead atoms. The molecule has 0 fully saturated rings. The molecule has 7 heteroatoms. The zero-order valence-corrected chi connectivity index (χ0v) is 15.4. The largest absolute Gasteiger partial charge is 0.340 e. The lowest BCUT2D eigenvalue weighted by Gasteiger charge is -2.09. The minimum absolute atomic E-state index is 0.146. The summed E-state index contributed by atoms with van der Waals surface area (Å²) in [6.07, 6.45) is 3.18. The Morgan fingerprint density at radius 2 is 1.34 bits per heavy atom. The number of pyridine rings is 1. The van der Waals surface area contributed by atoms with Crippen LogP contribution in [0.1, 0.15) is 10.4 Å². The van der Waals surface area contributed by atoms with E-state index in [0.29, 0.717) is 28.7 Å². The summed E-state index contributed by atoms with van der Waals surface area (Å²) >= 11 is 0. The Labute approximate surface area is 167 Å². The van der Waals surface area contributed by atoms with E-state index in [1.807, 2.05) is 60.7 Å². The minimum Gasteiger partial charge on any atom is -0.340 e. The summed E-state index contributed by atoms with van der Waals surface area (Å²) in [5.41, 5.74) is 2.17. The average Bonchev–Trinajstić information content (AvgIpc) is 2.77. The van der Waals surface area contributed by atoms with Crippen molar-refractivity contribution in [2.75, 3.05) is 16.0 Å². The molecule has 29 heavy (non-hydrogen) atoms. The summed E-state index contributed by atoms with van der Waals surface area (Å²) in [5.74, 6) is 1.83. The lowest BCUT2D eigenvalue weighted by Crippen LogP contribution is -2.11. The van der Waals surface area contributed by atoms with E-state index in [1.165, 1.54) is 6.33 Å². The normalized spacial score (nSPS) is 10.2. The maximum Gasteiger partial charge on any atom is 0.255 e. The number of aromatic nitrogens is 3. The van der Waals surface area contributed by atoms with Crippen LogP contribution in [0.15, 0.2) is 91.4 Å². The van der Waals surface area contributed by atoms with E-state index in [0.717, 1.165) is 5.69 Å². The maximum absolute atomic E-state index is 12.2. The highest BCUT2D eigenvalue weighted by Crippen LogP contribution is 2.20. The van der Waals surface area contributed by atoms with Crippen LogP contribution in [0, 0.1) is 0 Å². The van der Waals surface area contributed by atoms with E-state index in [9.17, 15) is 4.79 Å². The SMILES string of the molecule is O=C(Nc1ccc(Nc2cc(Nc3ccccn3)ncn2)cc1)c1ccccc1. The van der Waals surface area contributed by atoms with Crippen LogP contribution in [0.3, 0.4) is 0 Å². The standard InChI is InChI=1S/C22H18N6O/c29-22(16-6-2-1-3-7-16)27-18-11-9-17(10-12-18)26-20-14-21(25-15-24-20)28-19-8-4-5-13-23-19/h1-15H,(H,27,29)(H2,23,24,25,26,28). The van der Waals surface area contributed by atoms with Crippen LogP contribution >= 0.6 is 0 Å². The van der Waals surface area contributed by atoms with Crippen LogP contribution < -0.4 is 16.0 Å². The van der Waals surface area contributed by atoms with E-state index < -0.39 is 0 Å². The van der Waals surface area contributed by atoms with E-state index in [1.54, 1.807) is 24.4 Å². The summed E-state index contributed by atoms with van der Waals surface area (Å²) < 4.78 is 0. The smallest absolute Gasteiger partial charge is 0.255 e. The fourth-order valence-electron chi connectivity index (χ4n) is 2.64. The van der Waals surface area contributed by atoms with Gasteiger partial charge in [-0.1, -0.05) is 24.3 Å². The fourth-order valence-corrected chi connectivity index (χ4v) is 2.64. The molecule has 0 aliphatic carbocycles. The molecule has 0 aliphatic rings. The molecule has 7 nitrogen and oxygen atoms in total. The average molecular weight is 382 g/mol. The number of carbonyl (C=O) groups is 1. The molecular weight excluding hydrogens is 364 g/mol. The highest BCUT2D eigenvalue weighted by Gasteiger charge is 2.05. The van der Waals surface area contributed by atoms with E-state index >= 15 is 0 Å². The third-order valence-electron chi connectivity index (χ3n) is 4.04. The third kappa shape index (κ3) is 4.92. The molecule has 1 amide bonds. The van der Waals surface area contributed by atoms with Crippen LogP contribution in [0.5, 0.6) is 0 Å². The van der Waals surface area contributed by atoms with Crippen molar-refractivity contribution >= 4 is 34.7 Å². The van der Waals surface area contributed by atoms with Crippen LogP contribution in [-0.4, -0.2) is 20.9 Å². The maximum atomic E-state index is 12.2. The molecule has 0 radical (unpaired) electrons. The predicted octanol–water partition coefficient (Wildman–Crippen LogP) is 4.61. The number of anilines is 5. The second-order valence-electron chi connectivity index (χ2n) is 6.15. The first-order chi connectivity index (χ1) is 14.3. The van der Waals surface area contributed by atoms with Crippen molar-refractivity contribution in [1.82, 2.24) is 15.0 Å². The second kappa shape index (κ2) is 8.62. The number of hydrogen-bond donors (Lipinski definition) is 3. The minimum atomic E-state index is -0.146. The molecule has 4 rings (SSSR count). The molecule has 0 saturated heterocycles. The summed E-state index contributed by atoms with van der Waals surface area (Å²) in [4.78, 5) is 24.9. The van der Waals surface area contributed by atoms with Gasteiger partial charge in [0.1, 0.15) is 23.8 Å². The molecule has 4 aromatic rings. The van der Waals surface area contributed by atoms with Crippen molar-refractivity contribution in [3.8, 4) is 0 Å². The number of benzene rings is 2. The van der Waals surface area contributed by atoms with E-state index in [-0.39, 0.29) is 5.91 Å². The lowest BCUT2D eigenvalue weighted by molar-refractivity contribution is 0.102. The molecule has 0 atom stereocenters. The van der Waals surface area contributed by atoms with Crippen LogP contribution in [0.2, 0.25) is 0 Å². The van der Waals surface area contributed by atoms with Crippen molar-refractivity contribution < 1.29 is 4.79 Å². The van der Waals surface area contributed by atoms with Gasteiger partial charge in [-0.05, 0) is 48.5 Å². The number of nitrogens with zero attached hydrogens (tertiary/aromatic N) is 3. The Morgan fingerprint density at radius 3 is 2.07 bits per heavy atom. The summed E-state index contributed by atoms with van der Waals surface area (Å²) in [6.45, 7) is 0. The van der Waals surface area contributed by atoms with Gasteiger partial charge in [-0.3, -0.25) is 4.79 Å². The quantitative estimate of drug-likeness (QED) is 0.451. The molecule has 2 aromatic heterocycles. The predicted molar refractivity (Wildman–Crippen MR) is 114 cm³/mol. The topological polar surface area (TPSA) is 91.8 Å². The highest BCUT2D eigenvalue weighted by molar-refractivity contribution is 6.04. The van der Waals surface area contributed by atoms with Gasteiger partial charge >= 0.3 is 0 Å². The van der Waals surface area contributed by atoms with Gasteiger partial charge in [-0.2, -0.15) is 0 Å². The van der Waals surface area contributed by atoms with Crippen molar-refractivity contribution in [3.63, 3.8) is 0 Å². The molecule has 0 spiro atoms. The molecule has 3 N–H and O–H groups in total. The Bertz CT molecular complexity index is 1090. The second-order valence-corrected chi connectivity index (χ2v) is 6.15. The van der Waals surface area contributed by atoms with Crippen LogP contribution in [0.4, 0.5) is 28.8 Å². The van der Waals surface area contributed by atoms with Gasteiger partial charge in [0, 0.05) is 29.2 Å². The first-order valence-electron chi connectivity index (χ1n) is 9.00. The molecule has 0 unspecified atom stereocenters. The highest BCUT2D eigenvalue weighted by atomic mass is 16.1. The molecule has 2 heterocycles. The van der Waals surface area contributed by atoms with Gasteiger partial charge in [0.15, 0.2) is 0 Å². The lowest BCUT2D eigenvalue weighted by atomic mass is 10.2. The van der Waals surface area contributed by atoms with Crippen LogP contribution in [0.25, 0.3) is 0 Å². The zero-order valence-electron chi connectivity index (χ0n) is 15.4. The van der Waals surface area contributed by atoms with E-state index in [2.05, 4.69) is 30.9 Å². The van der Waals surface area contributed by atoms with Gasteiger partial charge in [-0.25, -0.2) is 15.0 Å². The summed E-state index contributed by atoms with van der Waals surface area (Å²) in [6, 6.07) is 23.9. The number of nitrogens with one attached hydrogen (secondary N) is 3. The fraction of sp³-hybridized carbons (Fsp3) is 0. The van der Waals surface area contributed by atoms with Crippen molar-refractivity contribution in [2.24, 2.45) is 0 Å². The van der Waals surface area contributed by atoms with Crippen LogP contribution in [-0.2, 0) is 0 Å². The monoisotopic (exact) mass is 382 g/mol. The summed E-state index contributed by atoms with van der Waals surface area (Å²) in [5, 5.41) is 9.22. The molecule has 0 saturated carbocycles. The number of hydrogen-bond acceptors (Lipinski definition) is 6. The molecule has 0 aliphatic heterocycles. The number of carbonyl (C=O) groups excluding carboxylic acids is 1. The Kier molecular flexibility index (Phi) is 5.39. The van der Waals surface area contributed by atoms with Gasteiger partial charge in [0.25, 0.3) is 5.91 Å². The van der Waals surface area contributed by atoms with Gasteiger partial charge in [0.2, 0.25) is 0 Å². The Morgan fingerprint density at radius 1 is 0.655 bits per heavy atom. The Hall–Kier alpha value is -4.26. The van der Waals surface area contributed by atoms with Crippen molar-refractivity contribution in [1.29, 1.82) is 0 Å². The first kappa shape index (κ1) is 18.1. The summed E-state index contributed by atoms with van der Waals surface area (Å²) in [7, 11) is 0. The van der Waals surface area contributed by atoms with Gasteiger partial charge in [-0.15, -0.1) is 0 Å². The third-order valence-corrected chi connectivity index (χ3v) is 4.04. The van der Waals surface area contributed by atoms with Gasteiger partial charge < -0.3 is 16.0 Å². The Balaban J connectivity index is 1.40. The molecule has 2 aromatic carbocycles. The van der Waals surface area contributed by atoms with Crippen molar-refractivity contribution in [3.05, 3.63) is 97.0 Å². The first-order valence-corrected chi connectivity index (χ1v) is 9.00. The number of amides is 1. The molecular formula is C22H18N6O. The van der Waals surface area contributed by atoms with Gasteiger partial charge in [0.05, 0.1) is 0 Å². The zero-order chi connectivity index (χ0) is 19.9. The molecule has 142 valence electrons. The number of rotatable bonds is 6.